The van der Waals surface area contributed by atoms with E-state index in [1.54, 1.807) is 13.0 Å². The Morgan fingerprint density at radius 2 is 1.66 bits per heavy atom. The molecular weight excluding hydrogens is 402 g/mol. The van der Waals surface area contributed by atoms with Crippen LogP contribution in [0.5, 0.6) is 11.5 Å². The number of hydrogen-bond donors (Lipinski definition) is 3. The van der Waals surface area contributed by atoms with Crippen LogP contribution in [0.4, 0.5) is 11.4 Å². The Bertz CT molecular complexity index is 974. The summed E-state index contributed by atoms with van der Waals surface area (Å²) in [6.07, 6.45) is 0. The molecule has 1 heterocycles. The Labute approximate surface area is 182 Å². The first-order chi connectivity index (χ1) is 14.0. The van der Waals surface area contributed by atoms with Crippen molar-refractivity contribution in [1.82, 2.24) is 0 Å². The van der Waals surface area contributed by atoms with Gasteiger partial charge in [-0.25, -0.2) is 0 Å². The highest BCUT2D eigenvalue weighted by Crippen LogP contribution is 2.43. The quantitative estimate of drug-likeness (QED) is 0.228. The number of halogens is 1. The van der Waals surface area contributed by atoms with Crippen LogP contribution in [0.25, 0.3) is 0 Å². The summed E-state index contributed by atoms with van der Waals surface area (Å²) in [7, 11) is 0. The van der Waals surface area contributed by atoms with Crippen LogP contribution in [-0.2, 0) is 0 Å². The van der Waals surface area contributed by atoms with Crippen LogP contribution >= 0.6 is 23.5 Å². The van der Waals surface area contributed by atoms with Crippen LogP contribution in [0.3, 0.4) is 0 Å². The minimum Gasteiger partial charge on any atom is -0.453 e. The molecule has 4 nitrogen and oxygen atoms in total. The minimum atomic E-state index is 0.529. The standard InChI is InChI=1S/C14H11ClN2O.C7H9NS.C2H6/c1-8(16)9-2-5-13-12(6-9)17-11-4-3-10(15)7-14(11)18-13;1-6-2-4-7(9-8)5-3-6;1-2/h2-7,16-17H,1H3;2-5H,8H2,1H3;1-2H3. The van der Waals surface area contributed by atoms with Gasteiger partial charge < -0.3 is 15.5 Å². The summed E-state index contributed by atoms with van der Waals surface area (Å²) in [5, 5.41) is 16.9. The van der Waals surface area contributed by atoms with Gasteiger partial charge >= 0.3 is 0 Å². The molecule has 0 fully saturated rings. The van der Waals surface area contributed by atoms with Gasteiger partial charge in [0, 0.05) is 21.7 Å². The third-order valence-corrected chi connectivity index (χ3v) is 4.78. The van der Waals surface area contributed by atoms with E-state index in [0.29, 0.717) is 16.5 Å². The van der Waals surface area contributed by atoms with Gasteiger partial charge in [0.25, 0.3) is 0 Å². The summed E-state index contributed by atoms with van der Waals surface area (Å²) < 4.78 is 5.78. The molecule has 1 aliphatic rings. The van der Waals surface area contributed by atoms with Gasteiger partial charge in [-0.15, -0.1) is 0 Å². The van der Waals surface area contributed by atoms with E-state index in [-0.39, 0.29) is 0 Å². The summed E-state index contributed by atoms with van der Waals surface area (Å²) in [5.41, 5.74) is 4.43. The lowest BCUT2D eigenvalue weighted by atomic mass is 10.1. The SMILES string of the molecule is CC.CC(=N)c1ccc2c(c1)Nc1ccc(Cl)cc1O2.Cc1ccc(SN)cc1. The van der Waals surface area contributed by atoms with E-state index in [2.05, 4.69) is 24.4 Å². The van der Waals surface area contributed by atoms with Crippen molar-refractivity contribution in [2.75, 3.05) is 5.32 Å². The Balaban J connectivity index is 0.000000231. The molecule has 3 aromatic carbocycles. The molecular formula is C23H26ClN3OS. The lowest BCUT2D eigenvalue weighted by molar-refractivity contribution is 0.481. The average Bonchev–Trinajstić information content (AvgIpc) is 2.74. The molecule has 4 N–H and O–H groups in total. The molecule has 0 saturated heterocycles. The summed E-state index contributed by atoms with van der Waals surface area (Å²) in [4.78, 5) is 1.11. The van der Waals surface area contributed by atoms with Gasteiger partial charge in [-0.05, 0) is 73.8 Å². The lowest BCUT2D eigenvalue weighted by Crippen LogP contribution is -2.04. The van der Waals surface area contributed by atoms with Crippen molar-refractivity contribution in [1.29, 1.82) is 5.41 Å². The molecule has 1 aliphatic heterocycles. The fourth-order valence-electron chi connectivity index (χ4n) is 2.51. The summed E-state index contributed by atoms with van der Waals surface area (Å²) in [6, 6.07) is 19.2. The van der Waals surface area contributed by atoms with Gasteiger partial charge in [-0.1, -0.05) is 43.1 Å². The smallest absolute Gasteiger partial charge is 0.152 e. The van der Waals surface area contributed by atoms with Crippen molar-refractivity contribution in [2.45, 2.75) is 32.6 Å². The van der Waals surface area contributed by atoms with E-state index in [4.69, 9.17) is 26.9 Å². The second-order valence-corrected chi connectivity index (χ2v) is 7.28. The van der Waals surface area contributed by atoms with Crippen LogP contribution in [0.2, 0.25) is 5.02 Å². The molecule has 0 aromatic heterocycles. The van der Waals surface area contributed by atoms with Crippen molar-refractivity contribution in [2.24, 2.45) is 5.14 Å². The minimum absolute atomic E-state index is 0.529. The van der Waals surface area contributed by atoms with E-state index < -0.39 is 0 Å². The first-order valence-electron chi connectivity index (χ1n) is 9.33. The number of rotatable bonds is 2. The second-order valence-electron chi connectivity index (χ2n) is 6.13. The molecule has 0 spiro atoms. The van der Waals surface area contributed by atoms with Gasteiger partial charge in [0.2, 0.25) is 0 Å². The van der Waals surface area contributed by atoms with Gasteiger partial charge in [-0.2, -0.15) is 0 Å². The molecule has 4 rings (SSSR count). The van der Waals surface area contributed by atoms with Crippen molar-refractivity contribution >= 4 is 40.6 Å². The third kappa shape index (κ3) is 6.26. The predicted octanol–water partition coefficient (Wildman–Crippen LogP) is 7.56. The normalized spacial score (nSPS) is 10.6. The number of ether oxygens (including phenoxy) is 1. The maximum atomic E-state index is 7.64. The van der Waals surface area contributed by atoms with Crippen molar-refractivity contribution in [3.8, 4) is 11.5 Å². The van der Waals surface area contributed by atoms with Crippen LogP contribution in [0.1, 0.15) is 31.9 Å². The molecule has 0 aliphatic carbocycles. The largest absolute Gasteiger partial charge is 0.453 e. The maximum absolute atomic E-state index is 7.64. The Hall–Kier alpha value is -2.47. The fourth-order valence-corrected chi connectivity index (χ4v) is 2.97. The third-order valence-electron chi connectivity index (χ3n) is 4.00. The Morgan fingerprint density at radius 3 is 2.28 bits per heavy atom. The molecule has 6 heteroatoms. The summed E-state index contributed by atoms with van der Waals surface area (Å²) in [5.74, 6) is 1.46. The number of nitrogens with two attached hydrogens (primary N) is 1. The second kappa shape index (κ2) is 10.9. The first kappa shape index (κ1) is 22.8. The number of anilines is 2. The molecule has 0 bridgehead atoms. The van der Waals surface area contributed by atoms with Crippen LogP contribution in [0, 0.1) is 12.3 Å². The number of fused-ring (bicyclic) bond motifs is 2. The molecule has 0 unspecified atom stereocenters. The van der Waals surface area contributed by atoms with E-state index in [0.717, 1.165) is 27.6 Å². The zero-order chi connectivity index (χ0) is 21.4. The highest BCUT2D eigenvalue weighted by Gasteiger charge is 2.17. The Kier molecular flexibility index (Phi) is 8.58. The highest BCUT2D eigenvalue weighted by molar-refractivity contribution is 7.97. The Morgan fingerprint density at radius 1 is 0.966 bits per heavy atom. The van der Waals surface area contributed by atoms with Gasteiger partial charge in [-0.3, -0.25) is 5.14 Å². The highest BCUT2D eigenvalue weighted by atomic mass is 35.5. The zero-order valence-corrected chi connectivity index (χ0v) is 18.6. The maximum Gasteiger partial charge on any atom is 0.152 e. The van der Waals surface area contributed by atoms with Crippen LogP contribution < -0.4 is 15.2 Å². The van der Waals surface area contributed by atoms with Crippen LogP contribution in [0.15, 0.2) is 65.6 Å². The molecule has 0 atom stereocenters. The lowest BCUT2D eigenvalue weighted by Gasteiger charge is -2.22. The van der Waals surface area contributed by atoms with E-state index in [1.807, 2.05) is 56.3 Å². The van der Waals surface area contributed by atoms with E-state index in [9.17, 15) is 0 Å². The monoisotopic (exact) mass is 427 g/mol. The summed E-state index contributed by atoms with van der Waals surface area (Å²) >= 11 is 7.21. The molecule has 152 valence electrons. The van der Waals surface area contributed by atoms with Crippen molar-refractivity contribution in [3.05, 3.63) is 76.8 Å². The fraction of sp³-hybridized carbons (Fsp3) is 0.174. The van der Waals surface area contributed by atoms with Crippen LogP contribution in [-0.4, -0.2) is 5.71 Å². The molecule has 3 aromatic rings. The van der Waals surface area contributed by atoms with Gasteiger partial charge in [0.05, 0.1) is 11.4 Å². The predicted molar refractivity (Wildman–Crippen MR) is 126 cm³/mol. The molecule has 0 amide bonds. The molecule has 0 radical (unpaired) electrons. The van der Waals surface area contributed by atoms with E-state index >= 15 is 0 Å². The molecule has 0 saturated carbocycles. The van der Waals surface area contributed by atoms with Crippen molar-refractivity contribution < 1.29 is 4.74 Å². The van der Waals surface area contributed by atoms with Crippen molar-refractivity contribution in [3.63, 3.8) is 0 Å². The number of hydrogen-bond acceptors (Lipinski definition) is 5. The number of aryl methyl sites for hydroxylation is 1. The first-order valence-corrected chi connectivity index (χ1v) is 10.6. The number of nitrogens with one attached hydrogen (secondary N) is 2. The van der Waals surface area contributed by atoms with E-state index in [1.165, 1.54) is 17.5 Å². The van der Waals surface area contributed by atoms with Gasteiger partial charge in [0.1, 0.15) is 0 Å². The molecule has 29 heavy (non-hydrogen) atoms. The number of benzene rings is 3. The zero-order valence-electron chi connectivity index (χ0n) is 17.0. The van der Waals surface area contributed by atoms with Gasteiger partial charge in [0.15, 0.2) is 11.5 Å². The summed E-state index contributed by atoms with van der Waals surface area (Å²) in [6.45, 7) is 7.82. The average molecular weight is 428 g/mol. The topological polar surface area (TPSA) is 71.1 Å².